The molecule has 0 N–H and O–H groups in total. The summed E-state index contributed by atoms with van der Waals surface area (Å²) >= 11 is 0. The van der Waals surface area contributed by atoms with Crippen LogP contribution >= 0.6 is 7.92 Å². The zero-order valence-electron chi connectivity index (χ0n) is 15.9. The summed E-state index contributed by atoms with van der Waals surface area (Å²) < 4.78 is 31.5. The first-order valence-electron chi connectivity index (χ1n) is 9.66. The quantitative estimate of drug-likeness (QED) is 0.323. The molecule has 0 saturated heterocycles. The van der Waals surface area contributed by atoms with Crippen LogP contribution in [0.15, 0.2) is 18.3 Å². The predicted molar refractivity (Wildman–Crippen MR) is 102 cm³/mol. The lowest BCUT2D eigenvalue weighted by atomic mass is 9.99. The van der Waals surface area contributed by atoms with Crippen LogP contribution < -0.4 is 14.7 Å². The Hall–Kier alpha value is -0.635. The van der Waals surface area contributed by atoms with E-state index >= 15 is 0 Å². The highest BCUT2D eigenvalue weighted by Gasteiger charge is 2.36. The van der Waals surface area contributed by atoms with Gasteiger partial charge in [-0.05, 0) is 50.0 Å². The smallest absolute Gasteiger partial charge is 0.762 e. The fraction of sp³-hybridized carbons (Fsp3) is 0.737. The van der Waals surface area contributed by atoms with Crippen molar-refractivity contribution in [3.63, 3.8) is 0 Å². The van der Waals surface area contributed by atoms with Gasteiger partial charge >= 0.3 is 7.54 Å². The summed E-state index contributed by atoms with van der Waals surface area (Å²) in [4.78, 5) is 0. The van der Waals surface area contributed by atoms with Crippen molar-refractivity contribution in [1.29, 1.82) is 0 Å². The van der Waals surface area contributed by atoms with E-state index in [-0.39, 0.29) is 12.6 Å². The van der Waals surface area contributed by atoms with Crippen molar-refractivity contribution in [1.82, 2.24) is 0 Å². The average Bonchev–Trinajstić information content (AvgIpc) is 2.59. The molecule has 0 atom stereocenters. The van der Waals surface area contributed by atoms with Gasteiger partial charge in [0.1, 0.15) is 7.05 Å². The number of aryl methyl sites for hydroxylation is 2. The Balaban J connectivity index is 0.000000616. The van der Waals surface area contributed by atoms with Crippen LogP contribution in [-0.4, -0.2) is 18.9 Å². The molecule has 2 fully saturated rings. The maximum Gasteiger partial charge on any atom is 0.762 e. The third-order valence-corrected chi connectivity index (χ3v) is 9.05. The van der Waals surface area contributed by atoms with Crippen LogP contribution in [0.1, 0.15) is 69.8 Å². The molecular formula is C19H31BF4NP. The molecule has 0 unspecified atom stereocenters. The van der Waals surface area contributed by atoms with Gasteiger partial charge in [0, 0.05) is 19.6 Å². The third-order valence-electron chi connectivity index (χ3n) is 5.45. The molecule has 0 aliphatic heterocycles. The highest BCUT2D eigenvalue weighted by Crippen LogP contribution is 2.54. The molecule has 2 aliphatic carbocycles. The van der Waals surface area contributed by atoms with Crippen LogP contribution in [0.25, 0.3) is 0 Å². The molecule has 1 heterocycles. The zero-order chi connectivity index (χ0) is 18.2. The molecule has 0 radical (unpaired) electrons. The van der Waals surface area contributed by atoms with Crippen LogP contribution in [0.3, 0.4) is 0 Å². The first-order valence-corrected chi connectivity index (χ1v) is 11.1. The van der Waals surface area contributed by atoms with Gasteiger partial charge < -0.3 is 4.70 Å². The molecule has 1 aromatic heterocycles. The fourth-order valence-corrected chi connectivity index (χ4v) is 8.25. The molecule has 26 heavy (non-hydrogen) atoms. The Bertz CT molecular complexity index is 500. The maximum absolute atomic E-state index is 9.67. The lowest BCUT2D eigenvalue weighted by molar-refractivity contribution is -0.653. The first-order chi connectivity index (χ1) is 12.0. The minimum atomic E-state index is -3.67. The van der Waals surface area contributed by atoms with Crippen LogP contribution in [0, 0.1) is 6.92 Å². The largest absolute Gasteiger partial charge is 1.00 e. The monoisotopic (exact) mass is 391 g/mol. The molecular weight excluding hydrogens is 360 g/mol. The van der Waals surface area contributed by atoms with Gasteiger partial charge in [0.25, 0.3) is 0 Å². The summed E-state index contributed by atoms with van der Waals surface area (Å²) in [5.41, 5.74) is 5.08. The summed E-state index contributed by atoms with van der Waals surface area (Å²) in [7, 11) is -1.35. The number of nitrogens with zero attached hydrogens (tertiary/aromatic N) is 1. The van der Waals surface area contributed by atoms with Gasteiger partial charge in [-0.2, -0.15) is 0 Å². The van der Waals surface area contributed by atoms with E-state index in [1.165, 1.54) is 69.8 Å². The van der Waals surface area contributed by atoms with Gasteiger partial charge in [0.2, 0.25) is 5.44 Å². The van der Waals surface area contributed by atoms with Crippen molar-refractivity contribution in [2.24, 2.45) is 7.05 Å². The van der Waals surface area contributed by atoms with E-state index in [0.29, 0.717) is 0 Å². The highest BCUT2D eigenvalue weighted by atomic mass is 31.1. The summed E-state index contributed by atoms with van der Waals surface area (Å²) in [6.07, 6.45) is 17.2. The van der Waals surface area contributed by atoms with Gasteiger partial charge in [-0.3, -0.25) is 12.9 Å². The van der Waals surface area contributed by atoms with Gasteiger partial charge in [0.15, 0.2) is 6.20 Å². The third kappa shape index (κ3) is 7.17. The summed E-state index contributed by atoms with van der Waals surface area (Å²) in [6.45, 7) is 2.22. The molecule has 0 amide bonds. The number of aromatic nitrogens is 1. The lowest BCUT2D eigenvalue weighted by Gasteiger charge is -2.36. The van der Waals surface area contributed by atoms with E-state index in [4.69, 9.17) is 0 Å². The normalized spacial score (nSPS) is 18.7. The van der Waals surface area contributed by atoms with Gasteiger partial charge in [-0.1, -0.05) is 38.5 Å². The van der Waals surface area contributed by atoms with Crippen LogP contribution in [0.2, 0.25) is 0 Å². The van der Waals surface area contributed by atoms with Crippen LogP contribution in [0.5, 0.6) is 0 Å². The highest BCUT2D eigenvalue weighted by molar-refractivity contribution is 7.66. The molecule has 0 aromatic carbocycles. The SMILES string of the molecule is Cc1ccc(P(C2CCCCC2)C2CCCCC2)[n+](C)c1.FB(F)F.[F-]. The van der Waals surface area contributed by atoms with Crippen molar-refractivity contribution < 1.29 is 22.2 Å². The first kappa shape index (κ1) is 23.4. The fourth-order valence-electron chi connectivity index (χ4n) is 4.40. The summed E-state index contributed by atoms with van der Waals surface area (Å²) in [5.74, 6) is 0. The standard InChI is InChI=1S/C19H31NP.BF3.FH/c1-16-13-14-19(20(2)15-16)21(17-9-5-3-6-10-17)18-11-7-4-8-12-18;2-1(3)4;/h13-15,17-18H,3-12H2,1-2H3;;1H/q+1;;/p-1. The van der Waals surface area contributed by atoms with Crippen molar-refractivity contribution in [3.05, 3.63) is 23.9 Å². The Morgan fingerprint density at radius 1 is 0.885 bits per heavy atom. The topological polar surface area (TPSA) is 3.88 Å². The number of hydrogen-bond acceptors (Lipinski definition) is 0. The molecule has 3 rings (SSSR count). The Morgan fingerprint density at radius 2 is 1.31 bits per heavy atom. The van der Waals surface area contributed by atoms with E-state index in [1.807, 2.05) is 0 Å². The van der Waals surface area contributed by atoms with E-state index in [0.717, 1.165) is 11.3 Å². The van der Waals surface area contributed by atoms with Crippen molar-refractivity contribution in [2.45, 2.75) is 82.4 Å². The molecule has 148 valence electrons. The summed E-state index contributed by atoms with van der Waals surface area (Å²) in [6, 6.07) is 4.81. The van der Waals surface area contributed by atoms with E-state index < -0.39 is 7.54 Å². The zero-order valence-corrected chi connectivity index (χ0v) is 16.8. The van der Waals surface area contributed by atoms with E-state index in [1.54, 1.807) is 5.44 Å². The Labute approximate surface area is 157 Å². The Kier molecular flexibility index (Phi) is 10.8. The van der Waals surface area contributed by atoms with Crippen molar-refractivity contribution in [3.8, 4) is 0 Å². The molecule has 2 saturated carbocycles. The molecule has 0 bridgehead atoms. The van der Waals surface area contributed by atoms with Crippen LogP contribution in [-0.2, 0) is 7.05 Å². The van der Waals surface area contributed by atoms with E-state index in [9.17, 15) is 12.9 Å². The molecule has 1 nitrogen and oxygen atoms in total. The number of halogens is 4. The average molecular weight is 391 g/mol. The second-order valence-electron chi connectivity index (χ2n) is 7.41. The lowest BCUT2D eigenvalue weighted by Crippen LogP contribution is -3.00. The van der Waals surface area contributed by atoms with Gasteiger partial charge in [-0.25, -0.2) is 4.57 Å². The van der Waals surface area contributed by atoms with E-state index in [2.05, 4.69) is 36.9 Å². The van der Waals surface area contributed by atoms with Gasteiger partial charge in [-0.15, -0.1) is 0 Å². The molecule has 1 aromatic rings. The maximum atomic E-state index is 9.67. The Morgan fingerprint density at radius 3 is 1.69 bits per heavy atom. The van der Waals surface area contributed by atoms with Gasteiger partial charge in [0.05, 0.1) is 0 Å². The number of rotatable bonds is 3. The number of hydrogen-bond donors (Lipinski definition) is 0. The molecule has 2 aliphatic rings. The van der Waals surface area contributed by atoms with Crippen LogP contribution in [0.4, 0.5) is 12.9 Å². The minimum Gasteiger partial charge on any atom is -1.00 e. The predicted octanol–water partition coefficient (Wildman–Crippen LogP) is 2.48. The van der Waals surface area contributed by atoms with Crippen molar-refractivity contribution >= 4 is 20.9 Å². The molecule has 0 spiro atoms. The van der Waals surface area contributed by atoms with Crippen molar-refractivity contribution in [2.75, 3.05) is 0 Å². The summed E-state index contributed by atoms with van der Waals surface area (Å²) in [5, 5.41) is 0. The second-order valence-corrected chi connectivity index (χ2v) is 10.1. The number of pyridine rings is 1. The second kappa shape index (κ2) is 11.9. The minimum absolute atomic E-state index is 0. The molecule has 7 heteroatoms.